The van der Waals surface area contributed by atoms with Crippen LogP contribution in [0.3, 0.4) is 0 Å². The normalized spacial score (nSPS) is 11.7. The van der Waals surface area contributed by atoms with Gasteiger partial charge in [0, 0.05) is 16.3 Å². The van der Waals surface area contributed by atoms with Gasteiger partial charge < -0.3 is 10.1 Å². The van der Waals surface area contributed by atoms with E-state index in [1.165, 1.54) is 16.0 Å². The molecule has 0 saturated heterocycles. The van der Waals surface area contributed by atoms with E-state index in [0.29, 0.717) is 6.42 Å². The Hall–Kier alpha value is -2.72. The van der Waals surface area contributed by atoms with Crippen LogP contribution in [-0.4, -0.2) is 12.0 Å². The van der Waals surface area contributed by atoms with Crippen LogP contribution in [0.4, 0.5) is 5.69 Å². The number of rotatable bonds is 8. The smallest absolute Gasteiger partial charge is 0.265 e. The van der Waals surface area contributed by atoms with Crippen LogP contribution < -0.4 is 10.1 Å². The average Bonchev–Trinajstić information content (AvgIpc) is 2.74. The lowest BCUT2D eigenvalue weighted by molar-refractivity contribution is -0.122. The molecule has 0 heterocycles. The van der Waals surface area contributed by atoms with E-state index in [2.05, 4.69) is 36.5 Å². The molecule has 3 rings (SSSR count). The van der Waals surface area contributed by atoms with Crippen molar-refractivity contribution in [3.05, 3.63) is 89.5 Å². The maximum Gasteiger partial charge on any atom is 0.265 e. The van der Waals surface area contributed by atoms with E-state index in [0.717, 1.165) is 22.8 Å². The lowest BCUT2D eigenvalue weighted by Gasteiger charge is -2.18. The molecule has 1 unspecified atom stereocenters. The van der Waals surface area contributed by atoms with Crippen molar-refractivity contribution in [2.24, 2.45) is 0 Å². The highest BCUT2D eigenvalue weighted by Gasteiger charge is 2.18. The minimum atomic E-state index is -0.523. The van der Waals surface area contributed by atoms with Gasteiger partial charge >= 0.3 is 0 Å². The fraction of sp³-hybridized carbons (Fsp3) is 0.240. The number of aryl methyl sites for hydroxylation is 2. The van der Waals surface area contributed by atoms with E-state index in [-0.39, 0.29) is 5.91 Å². The second kappa shape index (κ2) is 10.2. The first-order chi connectivity index (χ1) is 14.0. The number of hydrogen-bond donors (Lipinski definition) is 1. The summed E-state index contributed by atoms with van der Waals surface area (Å²) in [5.74, 6) is 1.49. The first-order valence-corrected chi connectivity index (χ1v) is 10.9. The number of amides is 1. The summed E-state index contributed by atoms with van der Waals surface area (Å²) >= 11 is 1.80. The molecule has 1 atom stereocenters. The molecular formula is C25H27NO2S. The molecule has 0 radical (unpaired) electrons. The third kappa shape index (κ3) is 6.13. The van der Waals surface area contributed by atoms with Gasteiger partial charge in [0.1, 0.15) is 5.75 Å². The lowest BCUT2D eigenvalue weighted by atomic mass is 10.1. The molecule has 0 aromatic heterocycles. The summed E-state index contributed by atoms with van der Waals surface area (Å²) in [5, 5.41) is 2.97. The Labute approximate surface area is 177 Å². The van der Waals surface area contributed by atoms with Crippen LogP contribution in [0.25, 0.3) is 0 Å². The van der Waals surface area contributed by atoms with Gasteiger partial charge in [-0.2, -0.15) is 0 Å². The van der Waals surface area contributed by atoms with Crippen molar-refractivity contribution in [3.8, 4) is 5.75 Å². The number of hydrogen-bond acceptors (Lipinski definition) is 3. The number of nitrogens with one attached hydrogen (secondary N) is 1. The molecule has 0 aliphatic heterocycles. The maximum atomic E-state index is 12.7. The molecule has 1 amide bonds. The van der Waals surface area contributed by atoms with E-state index in [1.807, 2.05) is 62.4 Å². The molecule has 0 saturated carbocycles. The zero-order chi connectivity index (χ0) is 20.6. The predicted molar refractivity (Wildman–Crippen MR) is 122 cm³/mol. The van der Waals surface area contributed by atoms with Crippen molar-refractivity contribution >= 4 is 23.4 Å². The highest BCUT2D eigenvalue weighted by molar-refractivity contribution is 7.98. The van der Waals surface area contributed by atoms with Crippen molar-refractivity contribution in [2.75, 3.05) is 5.32 Å². The standard InChI is InChI=1S/C25H27NO2S/c1-4-24(28-22-15-10-18(2)19(3)16-22)25(27)26-21-13-11-20(12-14-21)17-29-23-8-6-5-7-9-23/h5-16,24H,4,17H2,1-3H3,(H,26,27). The maximum absolute atomic E-state index is 12.7. The summed E-state index contributed by atoms with van der Waals surface area (Å²) in [6.07, 6.45) is 0.0790. The molecule has 0 aliphatic rings. The van der Waals surface area contributed by atoms with Gasteiger partial charge in [-0.3, -0.25) is 4.79 Å². The molecule has 3 aromatic carbocycles. The minimum Gasteiger partial charge on any atom is -0.481 e. The Bertz CT molecular complexity index is 939. The van der Waals surface area contributed by atoms with Gasteiger partial charge in [0.25, 0.3) is 5.91 Å². The fourth-order valence-corrected chi connectivity index (χ4v) is 3.74. The number of thioether (sulfide) groups is 1. The van der Waals surface area contributed by atoms with Crippen LogP contribution in [0.5, 0.6) is 5.75 Å². The van der Waals surface area contributed by atoms with Crippen LogP contribution in [0, 0.1) is 13.8 Å². The molecule has 0 fully saturated rings. The number of benzene rings is 3. The second-order valence-corrected chi connectivity index (χ2v) is 8.10. The summed E-state index contributed by atoms with van der Waals surface area (Å²) in [6, 6.07) is 24.2. The summed E-state index contributed by atoms with van der Waals surface area (Å²) in [5.41, 5.74) is 4.36. The summed E-state index contributed by atoms with van der Waals surface area (Å²) in [6.45, 7) is 6.06. The minimum absolute atomic E-state index is 0.128. The van der Waals surface area contributed by atoms with Crippen LogP contribution in [0.15, 0.2) is 77.7 Å². The second-order valence-electron chi connectivity index (χ2n) is 7.05. The van der Waals surface area contributed by atoms with E-state index in [4.69, 9.17) is 4.74 Å². The van der Waals surface area contributed by atoms with E-state index in [1.54, 1.807) is 11.8 Å². The number of carbonyl (C=O) groups excluding carboxylic acids is 1. The van der Waals surface area contributed by atoms with Gasteiger partial charge in [-0.15, -0.1) is 11.8 Å². The van der Waals surface area contributed by atoms with Crippen LogP contribution >= 0.6 is 11.8 Å². The Morgan fingerprint density at radius 1 is 0.966 bits per heavy atom. The van der Waals surface area contributed by atoms with Crippen molar-refractivity contribution in [1.82, 2.24) is 0 Å². The van der Waals surface area contributed by atoms with Crippen LogP contribution in [0.2, 0.25) is 0 Å². The largest absolute Gasteiger partial charge is 0.481 e. The molecule has 0 bridgehead atoms. The first kappa shape index (κ1) is 21.0. The third-order valence-electron chi connectivity index (χ3n) is 4.79. The highest BCUT2D eigenvalue weighted by atomic mass is 32.2. The van der Waals surface area contributed by atoms with Gasteiger partial charge in [-0.1, -0.05) is 43.3 Å². The highest BCUT2D eigenvalue weighted by Crippen LogP contribution is 2.23. The topological polar surface area (TPSA) is 38.3 Å². The van der Waals surface area contributed by atoms with Crippen molar-refractivity contribution < 1.29 is 9.53 Å². The van der Waals surface area contributed by atoms with E-state index in [9.17, 15) is 4.79 Å². The average molecular weight is 406 g/mol. The molecule has 4 heteroatoms. The Morgan fingerprint density at radius 2 is 1.69 bits per heavy atom. The van der Waals surface area contributed by atoms with Crippen LogP contribution in [-0.2, 0) is 10.5 Å². The zero-order valence-corrected chi connectivity index (χ0v) is 18.0. The zero-order valence-electron chi connectivity index (χ0n) is 17.1. The molecule has 3 aromatic rings. The molecule has 3 nitrogen and oxygen atoms in total. The molecule has 150 valence electrons. The Balaban J connectivity index is 1.56. The lowest BCUT2D eigenvalue weighted by Crippen LogP contribution is -2.32. The van der Waals surface area contributed by atoms with Gasteiger partial charge in [0.2, 0.25) is 0 Å². The van der Waals surface area contributed by atoms with Crippen molar-refractivity contribution in [3.63, 3.8) is 0 Å². The third-order valence-corrected chi connectivity index (χ3v) is 5.87. The molecule has 0 aliphatic carbocycles. The monoisotopic (exact) mass is 405 g/mol. The SMILES string of the molecule is CCC(Oc1ccc(C)c(C)c1)C(=O)Nc1ccc(CSc2ccccc2)cc1. The van der Waals surface area contributed by atoms with Gasteiger partial charge in [0.05, 0.1) is 0 Å². The predicted octanol–water partition coefficient (Wildman–Crippen LogP) is 6.39. The summed E-state index contributed by atoms with van der Waals surface area (Å²) in [4.78, 5) is 13.9. The summed E-state index contributed by atoms with van der Waals surface area (Å²) < 4.78 is 5.93. The fourth-order valence-electron chi connectivity index (χ4n) is 2.86. The van der Waals surface area contributed by atoms with E-state index < -0.39 is 6.10 Å². The first-order valence-electron chi connectivity index (χ1n) is 9.86. The van der Waals surface area contributed by atoms with Gasteiger partial charge in [0.15, 0.2) is 6.10 Å². The van der Waals surface area contributed by atoms with Crippen LogP contribution in [0.1, 0.15) is 30.0 Å². The molecule has 0 spiro atoms. The molecule has 29 heavy (non-hydrogen) atoms. The number of ether oxygens (including phenoxy) is 1. The number of carbonyl (C=O) groups is 1. The number of anilines is 1. The molecular weight excluding hydrogens is 378 g/mol. The van der Waals surface area contributed by atoms with Crippen molar-refractivity contribution in [2.45, 2.75) is 43.9 Å². The van der Waals surface area contributed by atoms with E-state index >= 15 is 0 Å². The van der Waals surface area contributed by atoms with Gasteiger partial charge in [-0.25, -0.2) is 0 Å². The molecule has 1 N–H and O–H groups in total. The summed E-state index contributed by atoms with van der Waals surface area (Å²) in [7, 11) is 0. The Kier molecular flexibility index (Phi) is 7.36. The van der Waals surface area contributed by atoms with Crippen molar-refractivity contribution in [1.29, 1.82) is 0 Å². The quantitative estimate of drug-likeness (QED) is 0.441. The van der Waals surface area contributed by atoms with Gasteiger partial charge in [-0.05, 0) is 73.4 Å². The Morgan fingerprint density at radius 3 is 2.34 bits per heavy atom.